The monoisotopic (exact) mass is 469 g/mol. The third kappa shape index (κ3) is 4.18. The van der Waals surface area contributed by atoms with Crippen LogP contribution >= 0.6 is 23.2 Å². The molecule has 0 aliphatic heterocycles. The van der Waals surface area contributed by atoms with Gasteiger partial charge in [0, 0.05) is 19.4 Å². The molecule has 0 spiro atoms. The Morgan fingerprint density at radius 3 is 2.16 bits per heavy atom. The highest BCUT2D eigenvalue weighted by molar-refractivity contribution is 6.42. The third-order valence-corrected chi connectivity index (χ3v) is 6.68. The van der Waals surface area contributed by atoms with Gasteiger partial charge in [-0.15, -0.1) is 0 Å². The summed E-state index contributed by atoms with van der Waals surface area (Å²) in [7, 11) is 1.41. The molecule has 0 radical (unpaired) electrons. The lowest BCUT2D eigenvalue weighted by atomic mass is 9.98. The van der Waals surface area contributed by atoms with E-state index in [1.807, 2.05) is 36.4 Å². The van der Waals surface area contributed by atoms with Gasteiger partial charge in [-0.3, -0.25) is 4.90 Å². The number of carboxylic acid groups (broad SMARTS) is 1. The Kier molecular flexibility index (Phi) is 6.40. The maximum absolute atomic E-state index is 12.8. The Labute approximate surface area is 196 Å². The topological polar surface area (TPSA) is 66.8 Å². The third-order valence-electron chi connectivity index (χ3n) is 5.82. The van der Waals surface area contributed by atoms with Crippen molar-refractivity contribution < 1.29 is 19.4 Å². The number of amides is 1. The average Bonchev–Trinajstić information content (AvgIpc) is 3.11. The predicted molar refractivity (Wildman–Crippen MR) is 124 cm³/mol. The second-order valence-corrected chi connectivity index (χ2v) is 8.47. The van der Waals surface area contributed by atoms with Gasteiger partial charge in [-0.05, 0) is 33.9 Å². The maximum atomic E-state index is 12.8. The molecule has 32 heavy (non-hydrogen) atoms. The summed E-state index contributed by atoms with van der Waals surface area (Å²) >= 11 is 12.2. The summed E-state index contributed by atoms with van der Waals surface area (Å²) in [6.07, 6.45) is -0.701. The van der Waals surface area contributed by atoms with Crippen LogP contribution in [0.5, 0.6) is 0 Å². The van der Waals surface area contributed by atoms with Crippen LogP contribution in [0, 0.1) is 0 Å². The number of fused-ring (bicyclic) bond motifs is 3. The molecule has 1 amide bonds. The zero-order valence-corrected chi connectivity index (χ0v) is 18.8. The van der Waals surface area contributed by atoms with E-state index in [2.05, 4.69) is 12.1 Å². The Bertz CT molecular complexity index is 1130. The number of hydrogen-bond donors (Lipinski definition) is 1. The van der Waals surface area contributed by atoms with Crippen LogP contribution in [0.2, 0.25) is 10.0 Å². The number of carbonyl (C=O) groups is 2. The summed E-state index contributed by atoms with van der Waals surface area (Å²) in [6, 6.07) is 19.9. The Hall–Kier alpha value is -3.02. The van der Waals surface area contributed by atoms with Crippen molar-refractivity contribution in [3.63, 3.8) is 0 Å². The van der Waals surface area contributed by atoms with Crippen molar-refractivity contribution in [2.45, 2.75) is 18.4 Å². The minimum absolute atomic E-state index is 0.00935. The van der Waals surface area contributed by atoms with E-state index in [0.29, 0.717) is 10.6 Å². The van der Waals surface area contributed by atoms with E-state index >= 15 is 0 Å². The van der Waals surface area contributed by atoms with Crippen LogP contribution in [0.1, 0.15) is 22.6 Å². The van der Waals surface area contributed by atoms with E-state index in [0.717, 1.165) is 27.2 Å². The number of rotatable bonds is 6. The molecule has 1 atom stereocenters. The lowest BCUT2D eigenvalue weighted by Gasteiger charge is -2.25. The van der Waals surface area contributed by atoms with Gasteiger partial charge in [-0.25, -0.2) is 9.59 Å². The van der Waals surface area contributed by atoms with Crippen molar-refractivity contribution in [2.24, 2.45) is 0 Å². The number of halogens is 2. The molecule has 0 bridgehead atoms. The van der Waals surface area contributed by atoms with E-state index in [4.69, 9.17) is 27.9 Å². The molecule has 5 nitrogen and oxygen atoms in total. The van der Waals surface area contributed by atoms with Crippen molar-refractivity contribution in [1.82, 2.24) is 4.90 Å². The van der Waals surface area contributed by atoms with Crippen molar-refractivity contribution in [3.8, 4) is 11.1 Å². The average molecular weight is 470 g/mol. The summed E-state index contributed by atoms with van der Waals surface area (Å²) < 4.78 is 5.59. The minimum atomic E-state index is -1.16. The summed E-state index contributed by atoms with van der Waals surface area (Å²) in [5, 5.41) is 10.3. The second-order valence-electron chi connectivity index (χ2n) is 7.69. The number of carboxylic acids is 1. The molecule has 4 rings (SSSR count). The molecule has 0 unspecified atom stereocenters. The van der Waals surface area contributed by atoms with Crippen molar-refractivity contribution >= 4 is 35.3 Å². The zero-order chi connectivity index (χ0) is 22.8. The lowest BCUT2D eigenvalue weighted by molar-refractivity contribution is -0.142. The van der Waals surface area contributed by atoms with Gasteiger partial charge in [0.2, 0.25) is 0 Å². The van der Waals surface area contributed by atoms with Crippen molar-refractivity contribution in [3.05, 3.63) is 93.5 Å². The zero-order valence-electron chi connectivity index (χ0n) is 17.3. The highest BCUT2D eigenvalue weighted by Gasteiger charge is 2.32. The normalized spacial score (nSPS) is 13.2. The van der Waals surface area contributed by atoms with Crippen LogP contribution in [0.15, 0.2) is 66.7 Å². The van der Waals surface area contributed by atoms with E-state index in [-0.39, 0.29) is 24.0 Å². The van der Waals surface area contributed by atoms with Gasteiger partial charge in [0.1, 0.15) is 12.6 Å². The smallest absolute Gasteiger partial charge is 0.410 e. The molecule has 0 fully saturated rings. The molecule has 164 valence electrons. The standard InChI is InChI=1S/C25H21Cl2NO4/c1-28(22(24(29)30)13-15-7-6-12-21(26)23(15)27)25(31)32-14-20-18-10-4-2-8-16(18)17-9-3-5-11-19(17)20/h2-12,20,22H,13-14H2,1H3,(H,29,30)/t22-/m0/s1. The van der Waals surface area contributed by atoms with E-state index in [1.54, 1.807) is 18.2 Å². The number of benzene rings is 3. The van der Waals surface area contributed by atoms with Gasteiger partial charge < -0.3 is 9.84 Å². The van der Waals surface area contributed by atoms with Crippen LogP contribution in [0.25, 0.3) is 11.1 Å². The van der Waals surface area contributed by atoms with Crippen LogP contribution in [0.3, 0.4) is 0 Å². The van der Waals surface area contributed by atoms with Crippen LogP contribution in [-0.2, 0) is 16.0 Å². The first kappa shape index (κ1) is 22.2. The number of nitrogens with zero attached hydrogens (tertiary/aromatic N) is 1. The number of likely N-dealkylation sites (N-methyl/N-ethyl adjacent to an activating group) is 1. The lowest BCUT2D eigenvalue weighted by Crippen LogP contribution is -2.44. The first-order valence-electron chi connectivity index (χ1n) is 10.1. The van der Waals surface area contributed by atoms with Gasteiger partial charge in [-0.1, -0.05) is 83.9 Å². The number of ether oxygens (including phenoxy) is 1. The number of carbonyl (C=O) groups excluding carboxylic acids is 1. The molecular formula is C25H21Cl2NO4. The molecule has 0 saturated carbocycles. The highest BCUT2D eigenvalue weighted by Crippen LogP contribution is 2.44. The summed E-state index contributed by atoms with van der Waals surface area (Å²) in [6.45, 7) is 0.113. The predicted octanol–water partition coefficient (Wildman–Crippen LogP) is 5.87. The minimum Gasteiger partial charge on any atom is -0.480 e. The molecule has 3 aromatic carbocycles. The summed E-state index contributed by atoms with van der Waals surface area (Å²) in [5.41, 5.74) is 4.96. The van der Waals surface area contributed by atoms with E-state index < -0.39 is 18.1 Å². The molecular weight excluding hydrogens is 449 g/mol. The molecule has 3 aromatic rings. The fraction of sp³-hybridized carbons (Fsp3) is 0.200. The number of hydrogen-bond acceptors (Lipinski definition) is 3. The number of aliphatic carboxylic acids is 1. The van der Waals surface area contributed by atoms with Gasteiger partial charge in [0.15, 0.2) is 0 Å². The Morgan fingerprint density at radius 1 is 0.969 bits per heavy atom. The van der Waals surface area contributed by atoms with E-state index in [9.17, 15) is 14.7 Å². The van der Waals surface area contributed by atoms with Crippen LogP contribution in [-0.4, -0.2) is 41.8 Å². The van der Waals surface area contributed by atoms with Crippen molar-refractivity contribution in [2.75, 3.05) is 13.7 Å². The fourth-order valence-corrected chi connectivity index (χ4v) is 4.52. The summed E-state index contributed by atoms with van der Waals surface area (Å²) in [5.74, 6) is -1.26. The molecule has 1 aliphatic carbocycles. The fourth-order valence-electron chi connectivity index (χ4n) is 4.13. The van der Waals surface area contributed by atoms with Crippen LogP contribution < -0.4 is 0 Å². The highest BCUT2D eigenvalue weighted by atomic mass is 35.5. The SMILES string of the molecule is CN(C(=O)OCC1c2ccccc2-c2ccccc21)[C@@H](Cc1cccc(Cl)c1Cl)C(=O)O. The quantitative estimate of drug-likeness (QED) is 0.490. The maximum Gasteiger partial charge on any atom is 0.410 e. The first-order chi connectivity index (χ1) is 15.4. The molecule has 1 N–H and O–H groups in total. The van der Waals surface area contributed by atoms with E-state index in [1.165, 1.54) is 7.05 Å². The molecule has 0 aromatic heterocycles. The van der Waals surface area contributed by atoms with Gasteiger partial charge in [0.25, 0.3) is 0 Å². The summed E-state index contributed by atoms with van der Waals surface area (Å²) in [4.78, 5) is 25.8. The van der Waals surface area contributed by atoms with Gasteiger partial charge in [0.05, 0.1) is 10.0 Å². The largest absolute Gasteiger partial charge is 0.480 e. The second kappa shape index (κ2) is 9.23. The Balaban J connectivity index is 1.49. The molecule has 0 heterocycles. The van der Waals surface area contributed by atoms with Crippen LogP contribution in [0.4, 0.5) is 4.79 Å². The van der Waals surface area contributed by atoms with Gasteiger partial charge in [-0.2, -0.15) is 0 Å². The van der Waals surface area contributed by atoms with Gasteiger partial charge >= 0.3 is 12.1 Å². The first-order valence-corrected chi connectivity index (χ1v) is 10.9. The molecule has 0 saturated heterocycles. The molecule has 7 heteroatoms. The molecule has 1 aliphatic rings. The van der Waals surface area contributed by atoms with Crippen molar-refractivity contribution in [1.29, 1.82) is 0 Å². The Morgan fingerprint density at radius 2 is 1.56 bits per heavy atom.